The molecule has 4 nitrogen and oxygen atoms in total. The molecule has 0 aromatic heterocycles. The molecule has 2 saturated heterocycles. The van der Waals surface area contributed by atoms with Crippen molar-refractivity contribution < 1.29 is 14.8 Å². The minimum atomic E-state index is -0.431. The zero-order chi connectivity index (χ0) is 9.16. The number of hydrogen-bond acceptors (Lipinski definition) is 4. The minimum Gasteiger partial charge on any atom is -0.278 e. The lowest BCUT2D eigenvalue weighted by atomic mass is 9.85. The van der Waals surface area contributed by atoms with Crippen LogP contribution in [0.1, 0.15) is 0 Å². The van der Waals surface area contributed by atoms with Gasteiger partial charge in [0.2, 0.25) is 0 Å². The molecule has 0 saturated carbocycles. The molecule has 3 aliphatic rings. The summed E-state index contributed by atoms with van der Waals surface area (Å²) in [4.78, 5) is 22.8. The van der Waals surface area contributed by atoms with Crippen molar-refractivity contribution in [3.63, 3.8) is 0 Å². The van der Waals surface area contributed by atoms with Gasteiger partial charge < -0.3 is 0 Å². The largest absolute Gasteiger partial charge is 0.278 e. The lowest BCUT2D eigenvalue weighted by Crippen LogP contribution is -2.29. The smallest absolute Gasteiger partial charge is 0.258 e. The van der Waals surface area contributed by atoms with Gasteiger partial charge in [0.1, 0.15) is 0 Å². The fraction of sp³-hybridized carbons (Fsp3) is 0.500. The zero-order valence-corrected chi connectivity index (χ0v) is 7.40. The first kappa shape index (κ1) is 7.58. The van der Waals surface area contributed by atoms with E-state index < -0.39 is 11.8 Å². The van der Waals surface area contributed by atoms with Gasteiger partial charge in [0.15, 0.2) is 0 Å². The number of hydroxylamine groups is 2. The average molecular weight is 197 g/mol. The molecule has 5 heteroatoms. The summed E-state index contributed by atoms with van der Waals surface area (Å²) in [6.45, 7) is 0. The second kappa shape index (κ2) is 2.16. The van der Waals surface area contributed by atoms with E-state index in [1.807, 2.05) is 12.2 Å². The maximum absolute atomic E-state index is 11.4. The number of thioether (sulfide) groups is 1. The van der Waals surface area contributed by atoms with Gasteiger partial charge in [0, 0.05) is 10.5 Å². The van der Waals surface area contributed by atoms with Gasteiger partial charge in [0.25, 0.3) is 11.8 Å². The Morgan fingerprint density at radius 3 is 2.08 bits per heavy atom. The Labute approximate surface area is 78.5 Å². The minimum absolute atomic E-state index is 0.101. The summed E-state index contributed by atoms with van der Waals surface area (Å²) < 4.78 is 0. The lowest BCUT2D eigenvalue weighted by Gasteiger charge is -2.12. The molecule has 3 rings (SSSR count). The van der Waals surface area contributed by atoms with E-state index in [1.165, 1.54) is 0 Å². The second-order valence-corrected chi connectivity index (χ2v) is 4.85. The third kappa shape index (κ3) is 0.722. The van der Waals surface area contributed by atoms with E-state index in [0.717, 1.165) is 0 Å². The van der Waals surface area contributed by atoms with Crippen molar-refractivity contribution in [1.29, 1.82) is 0 Å². The molecule has 0 spiro atoms. The first-order valence-corrected chi connectivity index (χ1v) is 5.05. The van der Waals surface area contributed by atoms with Crippen molar-refractivity contribution >= 4 is 23.6 Å². The van der Waals surface area contributed by atoms with Crippen LogP contribution in [0, 0.1) is 11.8 Å². The highest BCUT2D eigenvalue weighted by Crippen LogP contribution is 2.52. The van der Waals surface area contributed by atoms with Gasteiger partial charge in [-0.25, -0.2) is 0 Å². The van der Waals surface area contributed by atoms with E-state index in [1.54, 1.807) is 11.8 Å². The Balaban J connectivity index is 2.08. The molecule has 0 aromatic carbocycles. The molecular formula is C8H7NO3S. The summed E-state index contributed by atoms with van der Waals surface area (Å²) in [5.41, 5.74) is 0. The topological polar surface area (TPSA) is 57.6 Å². The third-order valence-corrected chi connectivity index (χ3v) is 4.42. The standard InChI is InChI=1S/C8H7NO3S/c10-7-5-3-1-2-4(13-3)6(5)8(11)9(7)12/h1-6,12H/t3-,4+,5?,6?. The van der Waals surface area contributed by atoms with Crippen LogP contribution in [0.25, 0.3) is 0 Å². The van der Waals surface area contributed by atoms with Gasteiger partial charge in [-0.1, -0.05) is 12.2 Å². The summed E-state index contributed by atoms with van der Waals surface area (Å²) >= 11 is 1.64. The van der Waals surface area contributed by atoms with Gasteiger partial charge >= 0.3 is 0 Å². The Kier molecular flexibility index (Phi) is 1.26. The Bertz CT molecular complexity index is 310. The van der Waals surface area contributed by atoms with E-state index in [0.29, 0.717) is 5.06 Å². The first-order valence-electron chi connectivity index (χ1n) is 4.10. The van der Waals surface area contributed by atoms with Crippen LogP contribution in [0.15, 0.2) is 12.2 Å². The Hall–Kier alpha value is -0.810. The van der Waals surface area contributed by atoms with Gasteiger partial charge in [-0.15, -0.1) is 11.8 Å². The Morgan fingerprint density at radius 1 is 1.15 bits per heavy atom. The van der Waals surface area contributed by atoms with Crippen LogP contribution in [0.3, 0.4) is 0 Å². The normalized spacial score (nSPS) is 46.4. The molecule has 4 atom stereocenters. The molecule has 0 radical (unpaired) electrons. The molecular weight excluding hydrogens is 190 g/mol. The van der Waals surface area contributed by atoms with Crippen LogP contribution in [0.4, 0.5) is 0 Å². The maximum Gasteiger partial charge on any atom is 0.258 e. The van der Waals surface area contributed by atoms with Gasteiger partial charge in [-0.05, 0) is 0 Å². The second-order valence-electron chi connectivity index (χ2n) is 3.49. The van der Waals surface area contributed by atoms with E-state index in [2.05, 4.69) is 0 Å². The van der Waals surface area contributed by atoms with E-state index >= 15 is 0 Å². The molecule has 2 fully saturated rings. The number of fused-ring (bicyclic) bond motifs is 5. The first-order chi connectivity index (χ1) is 6.20. The van der Waals surface area contributed by atoms with Crippen LogP contribution < -0.4 is 0 Å². The predicted molar refractivity (Wildman–Crippen MR) is 44.9 cm³/mol. The molecule has 3 aliphatic heterocycles. The van der Waals surface area contributed by atoms with Crippen LogP contribution >= 0.6 is 11.8 Å². The van der Waals surface area contributed by atoms with Crippen LogP contribution in [-0.4, -0.2) is 32.6 Å². The molecule has 2 amide bonds. The fourth-order valence-electron chi connectivity index (χ4n) is 2.29. The van der Waals surface area contributed by atoms with Crippen molar-refractivity contribution in [2.45, 2.75) is 10.5 Å². The number of nitrogens with zero attached hydrogens (tertiary/aromatic N) is 1. The molecule has 68 valence electrons. The van der Waals surface area contributed by atoms with Crippen LogP contribution in [-0.2, 0) is 9.59 Å². The summed E-state index contributed by atoms with van der Waals surface area (Å²) in [7, 11) is 0. The molecule has 13 heavy (non-hydrogen) atoms. The van der Waals surface area contributed by atoms with E-state index in [-0.39, 0.29) is 22.3 Å². The number of imide groups is 1. The lowest BCUT2D eigenvalue weighted by molar-refractivity contribution is -0.173. The highest BCUT2D eigenvalue weighted by molar-refractivity contribution is 8.01. The number of hydrogen-bond donors (Lipinski definition) is 1. The summed E-state index contributed by atoms with van der Waals surface area (Å²) in [5.74, 6) is -1.48. The van der Waals surface area contributed by atoms with E-state index in [4.69, 9.17) is 5.21 Å². The van der Waals surface area contributed by atoms with Crippen LogP contribution in [0.2, 0.25) is 0 Å². The van der Waals surface area contributed by atoms with Crippen molar-refractivity contribution in [1.82, 2.24) is 5.06 Å². The van der Waals surface area contributed by atoms with Gasteiger partial charge in [0.05, 0.1) is 11.8 Å². The van der Waals surface area contributed by atoms with E-state index in [9.17, 15) is 9.59 Å². The molecule has 2 unspecified atom stereocenters. The zero-order valence-electron chi connectivity index (χ0n) is 6.58. The molecule has 1 N–H and O–H groups in total. The highest BCUT2D eigenvalue weighted by atomic mass is 32.2. The number of rotatable bonds is 0. The Morgan fingerprint density at radius 2 is 1.62 bits per heavy atom. The maximum atomic E-state index is 11.4. The molecule has 3 heterocycles. The van der Waals surface area contributed by atoms with Crippen molar-refractivity contribution in [3.8, 4) is 0 Å². The average Bonchev–Trinajstić information content (AvgIpc) is 2.76. The monoisotopic (exact) mass is 197 g/mol. The quantitative estimate of drug-likeness (QED) is 0.338. The van der Waals surface area contributed by atoms with Crippen LogP contribution in [0.5, 0.6) is 0 Å². The summed E-state index contributed by atoms with van der Waals surface area (Å²) in [6, 6.07) is 0. The summed E-state index contributed by atoms with van der Waals surface area (Å²) in [5, 5.41) is 9.63. The highest BCUT2D eigenvalue weighted by Gasteiger charge is 2.60. The number of carbonyl (C=O) groups is 2. The molecule has 2 bridgehead atoms. The van der Waals surface area contributed by atoms with Gasteiger partial charge in [-0.3, -0.25) is 14.8 Å². The number of amides is 2. The molecule has 0 aliphatic carbocycles. The van der Waals surface area contributed by atoms with Crippen molar-refractivity contribution in [3.05, 3.63) is 12.2 Å². The van der Waals surface area contributed by atoms with Gasteiger partial charge in [-0.2, -0.15) is 5.06 Å². The SMILES string of the molecule is O=C1C2C(C(=O)N1O)[C@H]1C=C[C@@H]2S1. The summed E-state index contributed by atoms with van der Waals surface area (Å²) in [6.07, 6.45) is 3.92. The predicted octanol–water partition coefficient (Wildman–Crippen LogP) is 0.0306. The fourth-order valence-corrected chi connectivity index (χ4v) is 3.92. The van der Waals surface area contributed by atoms with Crippen molar-refractivity contribution in [2.24, 2.45) is 11.8 Å². The number of carbonyl (C=O) groups excluding carboxylic acids is 2. The van der Waals surface area contributed by atoms with Crippen molar-refractivity contribution in [2.75, 3.05) is 0 Å². The molecule has 0 aromatic rings. The third-order valence-electron chi connectivity index (χ3n) is 2.89.